The van der Waals surface area contributed by atoms with Gasteiger partial charge in [-0.25, -0.2) is 4.98 Å². The molecule has 0 saturated carbocycles. The number of hydrogen-bond acceptors (Lipinski definition) is 4. The van der Waals surface area contributed by atoms with Crippen LogP contribution in [0, 0.1) is 0 Å². The number of rotatable bonds is 4. The van der Waals surface area contributed by atoms with Gasteiger partial charge in [0.25, 0.3) is 0 Å². The molecular weight excluding hydrogens is 328 g/mol. The summed E-state index contributed by atoms with van der Waals surface area (Å²) in [4.78, 5) is 10.3. The summed E-state index contributed by atoms with van der Waals surface area (Å²) in [6, 6.07) is 22.3. The fourth-order valence-corrected chi connectivity index (χ4v) is 3.76. The summed E-state index contributed by atoms with van der Waals surface area (Å²) in [6.07, 6.45) is 3.64. The Hall–Kier alpha value is -2.98. The number of pyridine rings is 1. The maximum absolute atomic E-state index is 5.27. The summed E-state index contributed by atoms with van der Waals surface area (Å²) < 4.78 is 5.27. The van der Waals surface area contributed by atoms with E-state index in [2.05, 4.69) is 29.2 Å². The first kappa shape index (κ1) is 15.5. The first-order chi connectivity index (χ1) is 12.3. The van der Waals surface area contributed by atoms with Crippen LogP contribution in [0.1, 0.15) is 0 Å². The molecule has 0 spiro atoms. The quantitative estimate of drug-likeness (QED) is 0.487. The van der Waals surface area contributed by atoms with Gasteiger partial charge in [-0.2, -0.15) is 0 Å². The molecule has 4 aromatic rings. The normalized spacial score (nSPS) is 10.6. The lowest BCUT2D eigenvalue weighted by Gasteiger charge is -2.04. The molecule has 0 atom stereocenters. The predicted octanol–water partition coefficient (Wildman–Crippen LogP) is 5.55. The third kappa shape index (κ3) is 3.16. The monoisotopic (exact) mass is 344 g/mol. The SMILES string of the molecule is COc1ccc(-c2sc(-c3ccccc3)nc2-c2cccnc2)cc1. The molecule has 25 heavy (non-hydrogen) atoms. The van der Waals surface area contributed by atoms with Gasteiger partial charge in [-0.15, -0.1) is 11.3 Å². The van der Waals surface area contributed by atoms with Gasteiger partial charge in [0.1, 0.15) is 10.8 Å². The topological polar surface area (TPSA) is 35.0 Å². The maximum atomic E-state index is 5.27. The minimum atomic E-state index is 0.847. The Morgan fingerprint density at radius 1 is 0.800 bits per heavy atom. The minimum Gasteiger partial charge on any atom is -0.497 e. The highest BCUT2D eigenvalue weighted by Gasteiger charge is 2.16. The second kappa shape index (κ2) is 6.87. The fraction of sp³-hybridized carbons (Fsp3) is 0.0476. The van der Waals surface area contributed by atoms with E-state index in [0.717, 1.165) is 38.0 Å². The molecule has 0 fully saturated rings. The highest BCUT2D eigenvalue weighted by Crippen LogP contribution is 2.40. The van der Waals surface area contributed by atoms with Gasteiger partial charge in [0, 0.05) is 23.5 Å². The van der Waals surface area contributed by atoms with E-state index in [0.29, 0.717) is 0 Å². The molecule has 0 saturated heterocycles. The van der Waals surface area contributed by atoms with Gasteiger partial charge >= 0.3 is 0 Å². The molecule has 0 aliphatic rings. The van der Waals surface area contributed by atoms with Gasteiger partial charge < -0.3 is 4.74 Å². The molecule has 0 unspecified atom stereocenters. The summed E-state index contributed by atoms with van der Waals surface area (Å²) in [5.41, 5.74) is 4.23. The number of methoxy groups -OCH3 is 1. The van der Waals surface area contributed by atoms with Crippen molar-refractivity contribution in [2.75, 3.05) is 7.11 Å². The average molecular weight is 344 g/mol. The number of benzene rings is 2. The standard InChI is InChI=1S/C21H16N2OS/c1-24-18-11-9-15(10-12-18)20-19(17-8-5-13-22-14-17)23-21(25-20)16-6-3-2-4-7-16/h2-14H,1H3. The number of ether oxygens (including phenoxy) is 1. The summed E-state index contributed by atoms with van der Waals surface area (Å²) in [5, 5.41) is 1.00. The van der Waals surface area contributed by atoms with Gasteiger partial charge in [-0.1, -0.05) is 30.3 Å². The van der Waals surface area contributed by atoms with Crippen LogP contribution in [-0.4, -0.2) is 17.1 Å². The third-order valence-corrected chi connectivity index (χ3v) is 5.09. The van der Waals surface area contributed by atoms with Crippen LogP contribution < -0.4 is 4.74 Å². The number of thiazole rings is 1. The highest BCUT2D eigenvalue weighted by molar-refractivity contribution is 7.19. The first-order valence-electron chi connectivity index (χ1n) is 7.96. The molecule has 2 aromatic heterocycles. The second-order valence-corrected chi connectivity index (χ2v) is 6.53. The van der Waals surface area contributed by atoms with Crippen molar-refractivity contribution in [1.29, 1.82) is 0 Å². The third-order valence-electron chi connectivity index (χ3n) is 3.94. The lowest BCUT2D eigenvalue weighted by atomic mass is 10.1. The zero-order valence-corrected chi connectivity index (χ0v) is 14.5. The van der Waals surface area contributed by atoms with Crippen molar-refractivity contribution in [2.24, 2.45) is 0 Å². The number of nitrogens with zero attached hydrogens (tertiary/aromatic N) is 2. The molecule has 0 aliphatic heterocycles. The van der Waals surface area contributed by atoms with Crippen molar-refractivity contribution in [3.05, 3.63) is 79.1 Å². The van der Waals surface area contributed by atoms with Gasteiger partial charge in [0.05, 0.1) is 17.7 Å². The van der Waals surface area contributed by atoms with E-state index in [1.807, 2.05) is 48.7 Å². The van der Waals surface area contributed by atoms with Crippen molar-refractivity contribution < 1.29 is 4.74 Å². The molecule has 2 aromatic carbocycles. The van der Waals surface area contributed by atoms with E-state index in [1.165, 1.54) is 0 Å². The van der Waals surface area contributed by atoms with Gasteiger partial charge in [-0.05, 0) is 42.0 Å². The highest BCUT2D eigenvalue weighted by atomic mass is 32.1. The predicted molar refractivity (Wildman–Crippen MR) is 103 cm³/mol. The van der Waals surface area contributed by atoms with Crippen molar-refractivity contribution in [3.8, 4) is 38.0 Å². The minimum absolute atomic E-state index is 0.847. The van der Waals surface area contributed by atoms with Gasteiger partial charge in [0.15, 0.2) is 0 Å². The molecule has 3 nitrogen and oxygen atoms in total. The Kier molecular flexibility index (Phi) is 4.27. The van der Waals surface area contributed by atoms with Crippen LogP contribution in [0.3, 0.4) is 0 Å². The van der Waals surface area contributed by atoms with E-state index in [-0.39, 0.29) is 0 Å². The molecule has 0 aliphatic carbocycles. The Bertz CT molecular complexity index is 964. The first-order valence-corrected chi connectivity index (χ1v) is 8.78. The van der Waals surface area contributed by atoms with Crippen LogP contribution in [0.25, 0.3) is 32.3 Å². The Balaban J connectivity index is 1.87. The summed E-state index contributed by atoms with van der Waals surface area (Å²) in [7, 11) is 1.68. The maximum Gasteiger partial charge on any atom is 0.124 e. The lowest BCUT2D eigenvalue weighted by molar-refractivity contribution is 0.415. The molecule has 0 N–H and O–H groups in total. The zero-order chi connectivity index (χ0) is 17.1. The van der Waals surface area contributed by atoms with Crippen molar-refractivity contribution in [2.45, 2.75) is 0 Å². The van der Waals surface area contributed by atoms with Gasteiger partial charge in [-0.3, -0.25) is 4.98 Å². The lowest BCUT2D eigenvalue weighted by Crippen LogP contribution is -1.85. The fourth-order valence-electron chi connectivity index (χ4n) is 2.66. The van der Waals surface area contributed by atoms with Crippen LogP contribution in [0.5, 0.6) is 5.75 Å². The van der Waals surface area contributed by atoms with Crippen LogP contribution in [0.4, 0.5) is 0 Å². The van der Waals surface area contributed by atoms with E-state index in [4.69, 9.17) is 9.72 Å². The molecule has 0 radical (unpaired) electrons. The van der Waals surface area contributed by atoms with E-state index in [9.17, 15) is 0 Å². The largest absolute Gasteiger partial charge is 0.497 e. The van der Waals surface area contributed by atoms with Gasteiger partial charge in [0.2, 0.25) is 0 Å². The zero-order valence-electron chi connectivity index (χ0n) is 13.7. The number of aromatic nitrogens is 2. The van der Waals surface area contributed by atoms with Crippen molar-refractivity contribution in [1.82, 2.24) is 9.97 Å². The van der Waals surface area contributed by atoms with Crippen LogP contribution in [0.2, 0.25) is 0 Å². The van der Waals surface area contributed by atoms with Crippen LogP contribution >= 0.6 is 11.3 Å². The Labute approximate surface area is 150 Å². The molecule has 122 valence electrons. The summed E-state index contributed by atoms with van der Waals surface area (Å²) in [6.45, 7) is 0. The summed E-state index contributed by atoms with van der Waals surface area (Å²) in [5.74, 6) is 0.847. The smallest absolute Gasteiger partial charge is 0.124 e. The second-order valence-electron chi connectivity index (χ2n) is 5.53. The molecule has 4 heteroatoms. The average Bonchev–Trinajstić information content (AvgIpc) is 3.15. The van der Waals surface area contributed by atoms with E-state index in [1.54, 1.807) is 24.6 Å². The Morgan fingerprint density at radius 3 is 2.24 bits per heavy atom. The van der Waals surface area contributed by atoms with Crippen molar-refractivity contribution >= 4 is 11.3 Å². The van der Waals surface area contributed by atoms with E-state index >= 15 is 0 Å². The molecule has 0 bridgehead atoms. The number of hydrogen-bond donors (Lipinski definition) is 0. The van der Waals surface area contributed by atoms with Crippen LogP contribution in [-0.2, 0) is 0 Å². The van der Waals surface area contributed by atoms with Crippen molar-refractivity contribution in [3.63, 3.8) is 0 Å². The molecule has 0 amide bonds. The molecular formula is C21H16N2OS. The molecule has 4 rings (SSSR count). The van der Waals surface area contributed by atoms with E-state index < -0.39 is 0 Å². The molecule has 2 heterocycles. The Morgan fingerprint density at radius 2 is 1.56 bits per heavy atom. The van der Waals surface area contributed by atoms with Crippen LogP contribution in [0.15, 0.2) is 79.1 Å². The summed E-state index contributed by atoms with van der Waals surface area (Å²) >= 11 is 1.69.